The molecule has 7 heteroatoms. The molecule has 3 rings (SSSR count). The standard InChI is InChI=1S/C15H16F3N3O/c16-15(17,18)6-5-13(22)21-14(9-1-2-9)10-3-4-11-12(7-10)20-8-19-11/h3-4,7-9,14H,1-2,5-6H2,(H,19,20)(H,21,22)/t14-/m1/s1. The van der Waals surface area contributed by atoms with Crippen molar-refractivity contribution in [3.8, 4) is 0 Å². The van der Waals surface area contributed by atoms with Crippen LogP contribution in [0.2, 0.25) is 0 Å². The summed E-state index contributed by atoms with van der Waals surface area (Å²) >= 11 is 0. The molecular formula is C15H16F3N3O. The molecule has 0 aliphatic heterocycles. The minimum atomic E-state index is -4.30. The normalized spacial score (nSPS) is 16.7. The third-order valence-electron chi connectivity index (χ3n) is 3.85. The summed E-state index contributed by atoms with van der Waals surface area (Å²) in [5.41, 5.74) is 2.58. The Morgan fingerprint density at radius 1 is 1.41 bits per heavy atom. The molecule has 4 nitrogen and oxygen atoms in total. The second-order valence-corrected chi connectivity index (χ2v) is 5.68. The molecular weight excluding hydrogens is 295 g/mol. The summed E-state index contributed by atoms with van der Waals surface area (Å²) in [4.78, 5) is 18.9. The number of fused-ring (bicyclic) bond motifs is 1. The van der Waals surface area contributed by atoms with Crippen LogP contribution in [0.15, 0.2) is 24.5 Å². The van der Waals surface area contributed by atoms with E-state index < -0.39 is 24.9 Å². The van der Waals surface area contributed by atoms with Crippen molar-refractivity contribution in [2.45, 2.75) is 37.9 Å². The van der Waals surface area contributed by atoms with Gasteiger partial charge in [0.2, 0.25) is 5.91 Å². The number of hydrogen-bond donors (Lipinski definition) is 2. The van der Waals surface area contributed by atoms with Crippen LogP contribution in [0.5, 0.6) is 0 Å². The van der Waals surface area contributed by atoms with Gasteiger partial charge in [0.15, 0.2) is 0 Å². The number of aromatic amines is 1. The Balaban J connectivity index is 1.71. The van der Waals surface area contributed by atoms with Gasteiger partial charge in [-0.05, 0) is 36.5 Å². The van der Waals surface area contributed by atoms with E-state index in [2.05, 4.69) is 15.3 Å². The van der Waals surface area contributed by atoms with E-state index in [1.807, 2.05) is 18.2 Å². The predicted molar refractivity (Wildman–Crippen MR) is 75.0 cm³/mol. The van der Waals surface area contributed by atoms with Gasteiger partial charge in [-0.3, -0.25) is 4.79 Å². The lowest BCUT2D eigenvalue weighted by molar-refractivity contribution is -0.144. The number of H-pyrrole nitrogens is 1. The molecule has 1 fully saturated rings. The maximum absolute atomic E-state index is 12.2. The van der Waals surface area contributed by atoms with Gasteiger partial charge >= 0.3 is 6.18 Å². The van der Waals surface area contributed by atoms with Gasteiger partial charge in [-0.15, -0.1) is 0 Å². The van der Waals surface area contributed by atoms with Gasteiger partial charge in [0.25, 0.3) is 0 Å². The fourth-order valence-electron chi connectivity index (χ4n) is 2.55. The number of imidazole rings is 1. The molecule has 0 radical (unpaired) electrons. The Morgan fingerprint density at radius 2 is 2.18 bits per heavy atom. The second kappa shape index (κ2) is 5.62. The summed E-state index contributed by atoms with van der Waals surface area (Å²) < 4.78 is 36.6. The quantitative estimate of drug-likeness (QED) is 0.888. The van der Waals surface area contributed by atoms with Crippen molar-refractivity contribution >= 4 is 16.9 Å². The maximum Gasteiger partial charge on any atom is 0.389 e. The van der Waals surface area contributed by atoms with E-state index >= 15 is 0 Å². The number of halogens is 3. The van der Waals surface area contributed by atoms with Gasteiger partial charge < -0.3 is 10.3 Å². The van der Waals surface area contributed by atoms with E-state index in [1.165, 1.54) is 0 Å². The number of benzene rings is 1. The van der Waals surface area contributed by atoms with Gasteiger partial charge in [0.05, 0.1) is 29.8 Å². The number of rotatable bonds is 5. The van der Waals surface area contributed by atoms with Gasteiger partial charge in [0, 0.05) is 6.42 Å². The largest absolute Gasteiger partial charge is 0.389 e. The van der Waals surface area contributed by atoms with Crippen LogP contribution in [0.4, 0.5) is 13.2 Å². The molecule has 1 aliphatic rings. The lowest BCUT2D eigenvalue weighted by Gasteiger charge is -2.19. The highest BCUT2D eigenvalue weighted by atomic mass is 19.4. The van der Waals surface area contributed by atoms with Crippen molar-refractivity contribution in [2.75, 3.05) is 0 Å². The van der Waals surface area contributed by atoms with Gasteiger partial charge in [-0.1, -0.05) is 6.07 Å². The first-order valence-corrected chi connectivity index (χ1v) is 7.21. The molecule has 2 N–H and O–H groups in total. The highest BCUT2D eigenvalue weighted by Crippen LogP contribution is 2.41. The van der Waals surface area contributed by atoms with Crippen LogP contribution in [-0.4, -0.2) is 22.1 Å². The van der Waals surface area contributed by atoms with E-state index in [4.69, 9.17) is 0 Å². The molecule has 1 aliphatic carbocycles. The molecule has 0 unspecified atom stereocenters. The molecule has 0 bridgehead atoms. The maximum atomic E-state index is 12.2. The Labute approximate surface area is 125 Å². The minimum absolute atomic E-state index is 0.228. The van der Waals surface area contributed by atoms with Crippen LogP contribution in [-0.2, 0) is 4.79 Å². The minimum Gasteiger partial charge on any atom is -0.349 e. The third-order valence-corrected chi connectivity index (χ3v) is 3.85. The molecule has 1 atom stereocenters. The van der Waals surface area contributed by atoms with Crippen molar-refractivity contribution in [1.29, 1.82) is 0 Å². The van der Waals surface area contributed by atoms with Crippen molar-refractivity contribution < 1.29 is 18.0 Å². The third kappa shape index (κ3) is 3.58. The average molecular weight is 311 g/mol. The van der Waals surface area contributed by atoms with Gasteiger partial charge in [-0.25, -0.2) is 4.98 Å². The van der Waals surface area contributed by atoms with E-state index in [-0.39, 0.29) is 6.04 Å². The summed E-state index contributed by atoms with van der Waals surface area (Å²) in [6.45, 7) is 0. The Morgan fingerprint density at radius 3 is 2.86 bits per heavy atom. The number of carbonyl (C=O) groups excluding carboxylic acids is 1. The van der Waals surface area contributed by atoms with Gasteiger partial charge in [0.1, 0.15) is 0 Å². The van der Waals surface area contributed by atoms with E-state index in [0.717, 1.165) is 29.4 Å². The molecule has 1 saturated carbocycles. The Kier molecular flexibility index (Phi) is 3.80. The molecule has 1 aromatic carbocycles. The zero-order chi connectivity index (χ0) is 15.7. The molecule has 1 amide bonds. The number of nitrogens with one attached hydrogen (secondary N) is 2. The average Bonchev–Trinajstić information content (AvgIpc) is 3.18. The molecule has 1 heterocycles. The van der Waals surface area contributed by atoms with Crippen molar-refractivity contribution in [3.05, 3.63) is 30.1 Å². The summed E-state index contributed by atoms with van der Waals surface area (Å²) in [5, 5.41) is 2.75. The number of amides is 1. The van der Waals surface area contributed by atoms with Crippen molar-refractivity contribution in [2.24, 2.45) is 5.92 Å². The lowest BCUT2D eigenvalue weighted by atomic mass is 10.0. The van der Waals surface area contributed by atoms with Crippen LogP contribution >= 0.6 is 0 Å². The first kappa shape index (κ1) is 14.9. The molecule has 2 aromatic rings. The molecule has 118 valence electrons. The zero-order valence-corrected chi connectivity index (χ0v) is 11.8. The first-order valence-electron chi connectivity index (χ1n) is 7.21. The van der Waals surface area contributed by atoms with Crippen molar-refractivity contribution in [3.63, 3.8) is 0 Å². The van der Waals surface area contributed by atoms with Crippen LogP contribution in [0.25, 0.3) is 11.0 Å². The van der Waals surface area contributed by atoms with E-state index in [1.54, 1.807) is 6.33 Å². The Hall–Kier alpha value is -2.05. The predicted octanol–water partition coefficient (Wildman–Crippen LogP) is 3.47. The molecule has 0 saturated heterocycles. The van der Waals surface area contributed by atoms with E-state index in [0.29, 0.717) is 5.92 Å². The lowest BCUT2D eigenvalue weighted by Crippen LogP contribution is -2.30. The van der Waals surface area contributed by atoms with Crippen LogP contribution in [0, 0.1) is 5.92 Å². The monoisotopic (exact) mass is 311 g/mol. The summed E-state index contributed by atoms with van der Waals surface area (Å²) in [6.07, 6.45) is -2.38. The number of aromatic nitrogens is 2. The summed E-state index contributed by atoms with van der Waals surface area (Å²) in [5.74, 6) is -0.255. The SMILES string of the molecule is O=C(CCC(F)(F)F)N[C@@H](c1ccc2nc[nH]c2c1)C1CC1. The first-order chi connectivity index (χ1) is 10.4. The molecule has 0 spiro atoms. The van der Waals surface area contributed by atoms with Gasteiger partial charge in [-0.2, -0.15) is 13.2 Å². The Bertz CT molecular complexity index is 676. The van der Waals surface area contributed by atoms with Crippen LogP contribution < -0.4 is 5.32 Å². The number of alkyl halides is 3. The number of nitrogens with zero attached hydrogens (tertiary/aromatic N) is 1. The topological polar surface area (TPSA) is 57.8 Å². The number of hydrogen-bond acceptors (Lipinski definition) is 2. The highest BCUT2D eigenvalue weighted by Gasteiger charge is 2.34. The van der Waals surface area contributed by atoms with Crippen LogP contribution in [0.3, 0.4) is 0 Å². The molecule has 1 aromatic heterocycles. The second-order valence-electron chi connectivity index (χ2n) is 5.68. The van der Waals surface area contributed by atoms with E-state index in [9.17, 15) is 18.0 Å². The van der Waals surface area contributed by atoms with Crippen LogP contribution in [0.1, 0.15) is 37.3 Å². The summed E-state index contributed by atoms with van der Waals surface area (Å²) in [6, 6.07) is 5.39. The smallest absolute Gasteiger partial charge is 0.349 e. The fourth-order valence-corrected chi connectivity index (χ4v) is 2.55. The summed E-state index contributed by atoms with van der Waals surface area (Å²) in [7, 11) is 0. The molecule has 22 heavy (non-hydrogen) atoms. The van der Waals surface area contributed by atoms with Crippen molar-refractivity contribution in [1.82, 2.24) is 15.3 Å². The zero-order valence-electron chi connectivity index (χ0n) is 11.8. The fraction of sp³-hybridized carbons (Fsp3) is 0.467. The number of carbonyl (C=O) groups is 1. The highest BCUT2D eigenvalue weighted by molar-refractivity contribution is 5.78.